The van der Waals surface area contributed by atoms with Crippen molar-refractivity contribution in [3.8, 4) is 17.1 Å². The second kappa shape index (κ2) is 9.21. The Balaban J connectivity index is 1.47. The number of hydrogen-bond acceptors (Lipinski definition) is 6. The van der Waals surface area contributed by atoms with E-state index in [2.05, 4.69) is 10.2 Å². The molecule has 0 aliphatic carbocycles. The number of carbonyl (C=O) groups is 1. The molecule has 1 aromatic heterocycles. The predicted octanol–water partition coefficient (Wildman–Crippen LogP) is 3.59. The van der Waals surface area contributed by atoms with E-state index in [1.54, 1.807) is 7.11 Å². The molecule has 156 valence electrons. The van der Waals surface area contributed by atoms with Crippen LogP contribution >= 0.6 is 11.8 Å². The first kappa shape index (κ1) is 20.3. The van der Waals surface area contributed by atoms with Crippen molar-refractivity contribution in [2.24, 2.45) is 0 Å². The minimum Gasteiger partial charge on any atom is -0.496 e. The highest BCUT2D eigenvalue weighted by Gasteiger charge is 2.19. The summed E-state index contributed by atoms with van der Waals surface area (Å²) in [7, 11) is 1.61. The smallest absolute Gasteiger partial charge is 0.253 e. The number of nitrogens with two attached hydrogens (primary N) is 1. The Bertz CT molecular complexity index is 1030. The van der Waals surface area contributed by atoms with Crippen LogP contribution in [0.4, 0.5) is 0 Å². The lowest BCUT2D eigenvalue weighted by atomic mass is 10.1. The van der Waals surface area contributed by atoms with Crippen LogP contribution in [0.5, 0.6) is 5.75 Å². The Hall–Kier alpha value is -3.00. The third kappa shape index (κ3) is 4.28. The molecule has 0 atom stereocenters. The van der Waals surface area contributed by atoms with Crippen LogP contribution in [0.3, 0.4) is 0 Å². The summed E-state index contributed by atoms with van der Waals surface area (Å²) in [6.07, 6.45) is 3.38. The largest absolute Gasteiger partial charge is 0.496 e. The fourth-order valence-electron chi connectivity index (χ4n) is 3.61. The highest BCUT2D eigenvalue weighted by Crippen LogP contribution is 2.30. The van der Waals surface area contributed by atoms with E-state index in [9.17, 15) is 4.79 Å². The first-order chi connectivity index (χ1) is 14.7. The van der Waals surface area contributed by atoms with Gasteiger partial charge in [-0.15, -0.1) is 10.2 Å². The van der Waals surface area contributed by atoms with Gasteiger partial charge >= 0.3 is 0 Å². The summed E-state index contributed by atoms with van der Waals surface area (Å²) >= 11 is 1.48. The molecule has 4 rings (SSSR count). The Morgan fingerprint density at radius 2 is 1.90 bits per heavy atom. The molecule has 3 aromatic rings. The lowest BCUT2D eigenvalue weighted by Gasteiger charge is -2.26. The number of hydrogen-bond donors (Lipinski definition) is 1. The quantitative estimate of drug-likeness (QED) is 0.482. The zero-order chi connectivity index (χ0) is 20.9. The standard InChI is InChI=1S/C22H25N5O2S/c1-29-19-11-4-3-10-18(19)20-24-25-22(27(20)23)30-15-16-8-7-9-17(14-16)21(28)26-12-5-2-6-13-26/h3-4,7-11,14H,2,5-6,12-13,15,23H2,1H3. The van der Waals surface area contributed by atoms with Crippen LogP contribution in [-0.4, -0.2) is 45.9 Å². The van der Waals surface area contributed by atoms with Crippen LogP contribution in [0.25, 0.3) is 11.4 Å². The SMILES string of the molecule is COc1ccccc1-c1nnc(SCc2cccc(C(=O)N3CCCCC3)c2)n1N. The Morgan fingerprint density at radius 1 is 1.10 bits per heavy atom. The number of piperidine rings is 1. The van der Waals surface area contributed by atoms with Gasteiger partial charge in [0.15, 0.2) is 5.82 Å². The maximum absolute atomic E-state index is 12.8. The van der Waals surface area contributed by atoms with Gasteiger partial charge in [-0.2, -0.15) is 0 Å². The topological polar surface area (TPSA) is 86.3 Å². The number of carbonyl (C=O) groups excluding carboxylic acids is 1. The highest BCUT2D eigenvalue weighted by atomic mass is 32.2. The van der Waals surface area contributed by atoms with Crippen LogP contribution < -0.4 is 10.6 Å². The van der Waals surface area contributed by atoms with Crippen molar-refractivity contribution < 1.29 is 9.53 Å². The van der Waals surface area contributed by atoms with E-state index >= 15 is 0 Å². The summed E-state index contributed by atoms with van der Waals surface area (Å²) < 4.78 is 6.88. The summed E-state index contributed by atoms with van der Waals surface area (Å²) in [6, 6.07) is 15.4. The summed E-state index contributed by atoms with van der Waals surface area (Å²) in [5, 5.41) is 9.07. The molecule has 1 amide bonds. The zero-order valence-corrected chi connectivity index (χ0v) is 17.8. The molecule has 1 aliphatic rings. The van der Waals surface area contributed by atoms with Gasteiger partial charge < -0.3 is 15.5 Å². The lowest BCUT2D eigenvalue weighted by Crippen LogP contribution is -2.35. The number of methoxy groups -OCH3 is 1. The second-order valence-electron chi connectivity index (χ2n) is 7.22. The molecule has 0 unspecified atom stereocenters. The summed E-state index contributed by atoms with van der Waals surface area (Å²) in [5.74, 6) is 8.24. The molecule has 2 aromatic carbocycles. The fraction of sp³-hybridized carbons (Fsp3) is 0.318. The van der Waals surface area contributed by atoms with E-state index in [4.69, 9.17) is 10.6 Å². The minimum atomic E-state index is 0.113. The summed E-state index contributed by atoms with van der Waals surface area (Å²) in [5.41, 5.74) is 2.57. The summed E-state index contributed by atoms with van der Waals surface area (Å²) in [4.78, 5) is 14.7. The van der Waals surface area contributed by atoms with E-state index in [-0.39, 0.29) is 5.91 Å². The fourth-order valence-corrected chi connectivity index (χ4v) is 4.41. The third-order valence-corrected chi connectivity index (χ3v) is 6.21. The number of nitrogens with zero attached hydrogens (tertiary/aromatic N) is 4. The minimum absolute atomic E-state index is 0.113. The number of aromatic nitrogens is 3. The Labute approximate surface area is 180 Å². The van der Waals surface area contributed by atoms with Crippen LogP contribution in [-0.2, 0) is 5.75 Å². The molecular weight excluding hydrogens is 398 g/mol. The van der Waals surface area contributed by atoms with Gasteiger partial charge in [0.25, 0.3) is 5.91 Å². The van der Waals surface area contributed by atoms with Gasteiger partial charge in [-0.05, 0) is 49.1 Å². The zero-order valence-electron chi connectivity index (χ0n) is 17.0. The van der Waals surface area contributed by atoms with Gasteiger partial charge in [0.2, 0.25) is 5.16 Å². The van der Waals surface area contributed by atoms with Crippen LogP contribution in [0.1, 0.15) is 35.2 Å². The van der Waals surface area contributed by atoms with E-state index in [1.807, 2.05) is 53.4 Å². The van der Waals surface area contributed by atoms with Crippen molar-refractivity contribution in [3.63, 3.8) is 0 Å². The molecule has 1 saturated heterocycles. The number of para-hydroxylation sites is 1. The molecule has 30 heavy (non-hydrogen) atoms. The van der Waals surface area contributed by atoms with E-state index in [0.717, 1.165) is 42.6 Å². The van der Waals surface area contributed by atoms with Crippen molar-refractivity contribution in [2.75, 3.05) is 26.0 Å². The van der Waals surface area contributed by atoms with Crippen LogP contribution in [0, 0.1) is 0 Å². The van der Waals surface area contributed by atoms with Crippen molar-refractivity contribution in [1.29, 1.82) is 0 Å². The molecule has 2 N–H and O–H groups in total. The predicted molar refractivity (Wildman–Crippen MR) is 118 cm³/mol. The van der Waals surface area contributed by atoms with E-state index in [0.29, 0.717) is 22.5 Å². The van der Waals surface area contributed by atoms with Crippen molar-refractivity contribution in [2.45, 2.75) is 30.2 Å². The van der Waals surface area contributed by atoms with Crippen molar-refractivity contribution in [3.05, 3.63) is 59.7 Å². The van der Waals surface area contributed by atoms with Gasteiger partial charge in [0.05, 0.1) is 12.7 Å². The first-order valence-electron chi connectivity index (χ1n) is 10.0. The number of thioether (sulfide) groups is 1. The molecule has 1 aliphatic heterocycles. The van der Waals surface area contributed by atoms with E-state index < -0.39 is 0 Å². The number of benzene rings is 2. The molecule has 7 nitrogen and oxygen atoms in total. The number of nitrogen functional groups attached to an aromatic ring is 1. The maximum Gasteiger partial charge on any atom is 0.253 e. The molecule has 0 spiro atoms. The first-order valence-corrected chi connectivity index (χ1v) is 11.0. The number of rotatable bonds is 6. The van der Waals surface area contributed by atoms with Crippen LogP contribution in [0.15, 0.2) is 53.7 Å². The Kier molecular flexibility index (Phi) is 6.23. The van der Waals surface area contributed by atoms with Crippen molar-refractivity contribution >= 4 is 17.7 Å². The van der Waals surface area contributed by atoms with Crippen LogP contribution in [0.2, 0.25) is 0 Å². The summed E-state index contributed by atoms with van der Waals surface area (Å²) in [6.45, 7) is 1.69. The average molecular weight is 424 g/mol. The van der Waals surface area contributed by atoms with Gasteiger partial charge in [-0.1, -0.05) is 36.0 Å². The normalized spacial score (nSPS) is 14.0. The molecule has 0 bridgehead atoms. The third-order valence-electron chi connectivity index (χ3n) is 5.20. The van der Waals surface area contributed by atoms with Gasteiger partial charge in [-0.3, -0.25) is 4.79 Å². The lowest BCUT2D eigenvalue weighted by molar-refractivity contribution is 0.0724. The van der Waals surface area contributed by atoms with Crippen molar-refractivity contribution in [1.82, 2.24) is 19.8 Å². The van der Waals surface area contributed by atoms with Gasteiger partial charge in [-0.25, -0.2) is 4.68 Å². The molecule has 0 radical (unpaired) electrons. The van der Waals surface area contributed by atoms with E-state index in [1.165, 1.54) is 22.9 Å². The average Bonchev–Trinajstić information content (AvgIpc) is 3.18. The molecule has 1 fully saturated rings. The van der Waals surface area contributed by atoms with Gasteiger partial charge in [0, 0.05) is 24.4 Å². The Morgan fingerprint density at radius 3 is 2.70 bits per heavy atom. The number of amides is 1. The monoisotopic (exact) mass is 423 g/mol. The molecule has 8 heteroatoms. The van der Waals surface area contributed by atoms with Gasteiger partial charge in [0.1, 0.15) is 5.75 Å². The number of ether oxygens (including phenoxy) is 1. The molecular formula is C22H25N5O2S. The number of likely N-dealkylation sites (tertiary alicyclic amines) is 1. The second-order valence-corrected chi connectivity index (χ2v) is 8.16. The maximum atomic E-state index is 12.8. The highest BCUT2D eigenvalue weighted by molar-refractivity contribution is 7.98. The molecule has 2 heterocycles. The molecule has 0 saturated carbocycles.